The molecule has 0 radical (unpaired) electrons. The molecule has 5 heteroatoms. The Kier molecular flexibility index (Phi) is 4.37. The molecule has 2 N–H and O–H groups in total. The first-order chi connectivity index (χ1) is 7.47. The summed E-state index contributed by atoms with van der Waals surface area (Å²) in [4.78, 5) is 11.5. The van der Waals surface area contributed by atoms with Crippen LogP contribution in [0.2, 0.25) is 0 Å². The number of hydrogen-bond acceptors (Lipinski definition) is 4. The van der Waals surface area contributed by atoms with Crippen molar-refractivity contribution in [3.05, 3.63) is 18.3 Å². The highest BCUT2D eigenvalue weighted by Crippen LogP contribution is 2.00. The molecule has 88 valence electrons. The summed E-state index contributed by atoms with van der Waals surface area (Å²) in [6.07, 6.45) is 1.99. The fourth-order valence-electron chi connectivity index (χ4n) is 1.12. The van der Waals surface area contributed by atoms with Gasteiger partial charge in [0, 0.05) is 24.7 Å². The zero-order chi connectivity index (χ0) is 12.0. The molecule has 1 amide bonds. The molecule has 0 spiro atoms. The topological polar surface area (TPSA) is 66.9 Å². The van der Waals surface area contributed by atoms with Gasteiger partial charge in [-0.1, -0.05) is 0 Å². The van der Waals surface area contributed by atoms with Crippen molar-refractivity contribution in [2.75, 3.05) is 11.9 Å². The third kappa shape index (κ3) is 5.41. The minimum absolute atomic E-state index is 0.0346. The normalized spacial score (nSPS) is 11.2. The van der Waals surface area contributed by atoms with Crippen LogP contribution in [0.25, 0.3) is 0 Å². The fourth-order valence-corrected chi connectivity index (χ4v) is 1.12. The summed E-state index contributed by atoms with van der Waals surface area (Å²) in [7, 11) is 0. The average molecular weight is 222 g/mol. The fraction of sp³-hybridized carbons (Fsp3) is 0.545. The van der Waals surface area contributed by atoms with E-state index in [9.17, 15) is 4.79 Å². The molecule has 1 aromatic rings. The molecule has 1 rings (SSSR count). The van der Waals surface area contributed by atoms with Crippen LogP contribution in [0.5, 0.6) is 0 Å². The Morgan fingerprint density at radius 3 is 2.75 bits per heavy atom. The van der Waals surface area contributed by atoms with Gasteiger partial charge in [-0.05, 0) is 32.9 Å². The van der Waals surface area contributed by atoms with Crippen LogP contribution in [-0.2, 0) is 4.79 Å². The largest absolute Gasteiger partial charge is 0.312 e. The van der Waals surface area contributed by atoms with Crippen LogP contribution in [0.1, 0.15) is 27.2 Å². The van der Waals surface area contributed by atoms with Crippen LogP contribution in [0.15, 0.2) is 18.3 Å². The lowest BCUT2D eigenvalue weighted by atomic mass is 10.1. The van der Waals surface area contributed by atoms with Crippen molar-refractivity contribution < 1.29 is 4.79 Å². The average Bonchev–Trinajstić information content (AvgIpc) is 2.17. The number of rotatable bonds is 4. The van der Waals surface area contributed by atoms with E-state index in [0.717, 1.165) is 0 Å². The highest BCUT2D eigenvalue weighted by atomic mass is 16.1. The van der Waals surface area contributed by atoms with Gasteiger partial charge >= 0.3 is 0 Å². The smallest absolute Gasteiger partial charge is 0.226 e. The number of anilines is 1. The van der Waals surface area contributed by atoms with E-state index in [1.54, 1.807) is 18.3 Å². The van der Waals surface area contributed by atoms with Gasteiger partial charge in [-0.2, -0.15) is 5.10 Å². The van der Waals surface area contributed by atoms with Crippen LogP contribution in [0.4, 0.5) is 5.82 Å². The van der Waals surface area contributed by atoms with Gasteiger partial charge in [0.25, 0.3) is 0 Å². The lowest BCUT2D eigenvalue weighted by Gasteiger charge is -2.20. The second-order valence-corrected chi connectivity index (χ2v) is 4.58. The van der Waals surface area contributed by atoms with Gasteiger partial charge in [-0.15, -0.1) is 5.10 Å². The molecule has 5 nitrogen and oxygen atoms in total. The number of nitrogens with zero attached hydrogens (tertiary/aromatic N) is 2. The molecule has 0 saturated heterocycles. The Morgan fingerprint density at radius 2 is 2.19 bits per heavy atom. The summed E-state index contributed by atoms with van der Waals surface area (Å²) in [6.45, 7) is 6.84. The van der Waals surface area contributed by atoms with E-state index in [1.807, 2.05) is 0 Å². The van der Waals surface area contributed by atoms with Gasteiger partial charge in [-0.3, -0.25) is 4.79 Å². The number of carbonyl (C=O) groups is 1. The first kappa shape index (κ1) is 12.6. The molecule has 0 saturated carbocycles. The minimum Gasteiger partial charge on any atom is -0.312 e. The second-order valence-electron chi connectivity index (χ2n) is 4.58. The SMILES string of the molecule is CC(C)(C)NCCC(=O)Nc1cccnn1. The summed E-state index contributed by atoms with van der Waals surface area (Å²) in [6, 6.07) is 3.44. The summed E-state index contributed by atoms with van der Waals surface area (Å²) < 4.78 is 0. The number of aromatic nitrogens is 2. The van der Waals surface area contributed by atoms with E-state index in [-0.39, 0.29) is 11.4 Å². The summed E-state index contributed by atoms with van der Waals surface area (Å²) in [5.74, 6) is 0.431. The minimum atomic E-state index is -0.0581. The Hall–Kier alpha value is -1.49. The van der Waals surface area contributed by atoms with Crippen LogP contribution >= 0.6 is 0 Å². The van der Waals surface area contributed by atoms with Crippen LogP contribution in [0.3, 0.4) is 0 Å². The van der Waals surface area contributed by atoms with Crippen LogP contribution in [0, 0.1) is 0 Å². The van der Waals surface area contributed by atoms with E-state index in [0.29, 0.717) is 18.8 Å². The number of amides is 1. The Morgan fingerprint density at radius 1 is 1.44 bits per heavy atom. The highest BCUT2D eigenvalue weighted by Gasteiger charge is 2.09. The van der Waals surface area contributed by atoms with E-state index in [4.69, 9.17) is 0 Å². The molecule has 0 atom stereocenters. The van der Waals surface area contributed by atoms with Crippen molar-refractivity contribution in [3.63, 3.8) is 0 Å². The van der Waals surface area contributed by atoms with E-state index >= 15 is 0 Å². The maximum Gasteiger partial charge on any atom is 0.226 e. The van der Waals surface area contributed by atoms with Crippen LogP contribution < -0.4 is 10.6 Å². The predicted molar refractivity (Wildman–Crippen MR) is 63.0 cm³/mol. The first-order valence-corrected chi connectivity index (χ1v) is 5.30. The zero-order valence-corrected chi connectivity index (χ0v) is 9.95. The standard InChI is InChI=1S/C11H18N4O/c1-11(2,3)12-8-6-10(16)14-9-5-4-7-13-15-9/h4-5,7,12H,6,8H2,1-3H3,(H,14,15,16). The third-order valence-corrected chi connectivity index (χ3v) is 1.85. The molecule has 0 aliphatic heterocycles. The quantitative estimate of drug-likeness (QED) is 0.803. The monoisotopic (exact) mass is 222 g/mol. The van der Waals surface area contributed by atoms with Gasteiger partial charge in [-0.25, -0.2) is 0 Å². The maximum atomic E-state index is 11.5. The van der Waals surface area contributed by atoms with Crippen molar-refractivity contribution >= 4 is 11.7 Å². The van der Waals surface area contributed by atoms with Gasteiger partial charge < -0.3 is 10.6 Å². The second kappa shape index (κ2) is 5.55. The Labute approximate surface area is 95.7 Å². The molecular formula is C11H18N4O. The van der Waals surface area contributed by atoms with Crippen molar-refractivity contribution in [2.45, 2.75) is 32.7 Å². The van der Waals surface area contributed by atoms with Crippen molar-refractivity contribution in [2.24, 2.45) is 0 Å². The van der Waals surface area contributed by atoms with Crippen molar-refractivity contribution in [3.8, 4) is 0 Å². The van der Waals surface area contributed by atoms with Gasteiger partial charge in [0.1, 0.15) is 0 Å². The molecule has 1 aromatic heterocycles. The Bertz CT molecular complexity index is 332. The van der Waals surface area contributed by atoms with Gasteiger partial charge in [0.05, 0.1) is 0 Å². The van der Waals surface area contributed by atoms with Crippen LogP contribution in [-0.4, -0.2) is 28.2 Å². The molecular weight excluding hydrogens is 204 g/mol. The third-order valence-electron chi connectivity index (χ3n) is 1.85. The molecule has 0 fully saturated rings. The van der Waals surface area contributed by atoms with Crippen molar-refractivity contribution in [1.29, 1.82) is 0 Å². The number of hydrogen-bond donors (Lipinski definition) is 2. The number of carbonyl (C=O) groups excluding carboxylic acids is 1. The number of nitrogens with one attached hydrogen (secondary N) is 2. The first-order valence-electron chi connectivity index (χ1n) is 5.30. The predicted octanol–water partition coefficient (Wildman–Crippen LogP) is 1.19. The Balaban J connectivity index is 2.27. The molecule has 0 aliphatic carbocycles. The molecule has 0 aromatic carbocycles. The van der Waals surface area contributed by atoms with E-state index < -0.39 is 0 Å². The lowest BCUT2D eigenvalue weighted by Crippen LogP contribution is -2.37. The molecule has 0 aliphatic rings. The molecule has 0 bridgehead atoms. The molecule has 16 heavy (non-hydrogen) atoms. The molecule has 0 unspecified atom stereocenters. The lowest BCUT2D eigenvalue weighted by molar-refractivity contribution is -0.116. The summed E-state index contributed by atoms with van der Waals surface area (Å²) >= 11 is 0. The highest BCUT2D eigenvalue weighted by molar-refractivity contribution is 5.89. The zero-order valence-electron chi connectivity index (χ0n) is 9.95. The van der Waals surface area contributed by atoms with Gasteiger partial charge in [0.2, 0.25) is 5.91 Å². The van der Waals surface area contributed by atoms with E-state index in [2.05, 4.69) is 41.6 Å². The van der Waals surface area contributed by atoms with Crippen molar-refractivity contribution in [1.82, 2.24) is 15.5 Å². The summed E-state index contributed by atoms with van der Waals surface area (Å²) in [5.41, 5.74) is 0.0346. The van der Waals surface area contributed by atoms with E-state index in [1.165, 1.54) is 0 Å². The maximum absolute atomic E-state index is 11.5. The molecule has 1 heterocycles. The van der Waals surface area contributed by atoms with Gasteiger partial charge in [0.15, 0.2) is 5.82 Å². The summed E-state index contributed by atoms with van der Waals surface area (Å²) in [5, 5.41) is 13.4.